The molecule has 3 rings (SSSR count). The number of ether oxygens (including phenoxy) is 1. The molecule has 2 aromatic rings. The Morgan fingerprint density at radius 2 is 1.69 bits per heavy atom. The van der Waals surface area contributed by atoms with Crippen LogP contribution in [0, 0.1) is 0 Å². The SMILES string of the molecule is CC(C)(C)c1ccc(C=C2Oc3cc(OS(C)(=O)=O)ccc3C2=O)cc1. The van der Waals surface area contributed by atoms with E-state index in [9.17, 15) is 13.2 Å². The molecule has 26 heavy (non-hydrogen) atoms. The van der Waals surface area contributed by atoms with Gasteiger partial charge in [0, 0.05) is 6.07 Å². The highest BCUT2D eigenvalue weighted by Crippen LogP contribution is 2.35. The van der Waals surface area contributed by atoms with Gasteiger partial charge in [0.05, 0.1) is 11.8 Å². The predicted molar refractivity (Wildman–Crippen MR) is 100.0 cm³/mol. The number of ketones is 1. The summed E-state index contributed by atoms with van der Waals surface area (Å²) in [4.78, 5) is 12.5. The Bertz CT molecular complexity index is 993. The van der Waals surface area contributed by atoms with E-state index < -0.39 is 10.1 Å². The molecule has 0 fully saturated rings. The highest BCUT2D eigenvalue weighted by atomic mass is 32.2. The van der Waals surface area contributed by atoms with Crippen molar-refractivity contribution >= 4 is 22.0 Å². The summed E-state index contributed by atoms with van der Waals surface area (Å²) in [5.74, 6) is 0.342. The third-order valence-corrected chi connectivity index (χ3v) is 4.46. The number of carbonyl (C=O) groups is 1. The summed E-state index contributed by atoms with van der Waals surface area (Å²) in [7, 11) is -3.64. The van der Waals surface area contributed by atoms with Crippen molar-refractivity contribution < 1.29 is 22.1 Å². The van der Waals surface area contributed by atoms with Crippen LogP contribution in [0.5, 0.6) is 11.5 Å². The monoisotopic (exact) mass is 372 g/mol. The van der Waals surface area contributed by atoms with Gasteiger partial charge in [0.25, 0.3) is 0 Å². The summed E-state index contributed by atoms with van der Waals surface area (Å²) in [6.07, 6.45) is 2.63. The molecule has 2 aromatic carbocycles. The Morgan fingerprint density at radius 3 is 2.27 bits per heavy atom. The zero-order chi connectivity index (χ0) is 19.1. The van der Waals surface area contributed by atoms with Crippen LogP contribution in [0.2, 0.25) is 0 Å². The molecule has 6 heteroatoms. The van der Waals surface area contributed by atoms with Gasteiger partial charge in [-0.25, -0.2) is 0 Å². The first kappa shape index (κ1) is 18.2. The molecule has 1 aliphatic heterocycles. The maximum Gasteiger partial charge on any atom is 0.306 e. The van der Waals surface area contributed by atoms with E-state index in [0.29, 0.717) is 5.56 Å². The van der Waals surface area contributed by atoms with Crippen LogP contribution in [0.15, 0.2) is 48.2 Å². The average Bonchev–Trinajstić information content (AvgIpc) is 2.81. The number of Topliss-reactive ketones (excluding diaryl/α,β-unsaturated/α-hetero) is 1. The number of carbonyl (C=O) groups excluding carboxylic acids is 1. The molecule has 1 heterocycles. The first-order valence-electron chi connectivity index (χ1n) is 8.11. The topological polar surface area (TPSA) is 69.7 Å². The van der Waals surface area contributed by atoms with Crippen molar-refractivity contribution in [3.63, 3.8) is 0 Å². The lowest BCUT2D eigenvalue weighted by atomic mass is 9.86. The molecule has 0 aromatic heterocycles. The Balaban J connectivity index is 1.86. The first-order valence-corrected chi connectivity index (χ1v) is 9.93. The standard InChI is InChI=1S/C20H20O5S/c1-20(2,3)14-7-5-13(6-8-14)11-18-19(21)16-10-9-15(12-17(16)24-18)25-26(4,22)23/h5-12H,1-4H3. The van der Waals surface area contributed by atoms with Gasteiger partial charge in [-0.15, -0.1) is 0 Å². The molecule has 0 atom stereocenters. The molecule has 0 spiro atoms. The molecule has 0 unspecified atom stereocenters. The van der Waals surface area contributed by atoms with Gasteiger partial charge in [0.1, 0.15) is 11.5 Å². The Kier molecular flexibility index (Phi) is 4.40. The maximum absolute atomic E-state index is 12.5. The first-order chi connectivity index (χ1) is 12.0. The number of hydrogen-bond acceptors (Lipinski definition) is 5. The number of fused-ring (bicyclic) bond motifs is 1. The highest BCUT2D eigenvalue weighted by Gasteiger charge is 2.28. The lowest BCUT2D eigenvalue weighted by Crippen LogP contribution is -2.10. The van der Waals surface area contributed by atoms with Gasteiger partial charge in [-0.2, -0.15) is 8.42 Å². The molecule has 0 bridgehead atoms. The molecule has 0 amide bonds. The van der Waals surface area contributed by atoms with Crippen LogP contribution in [0.3, 0.4) is 0 Å². The summed E-state index contributed by atoms with van der Waals surface area (Å²) < 4.78 is 32.9. The summed E-state index contributed by atoms with van der Waals surface area (Å²) in [5, 5.41) is 0. The third kappa shape index (κ3) is 3.96. The lowest BCUT2D eigenvalue weighted by Gasteiger charge is -2.18. The molecular formula is C20H20O5S. The van der Waals surface area contributed by atoms with E-state index in [4.69, 9.17) is 8.92 Å². The summed E-state index contributed by atoms with van der Waals surface area (Å²) in [6, 6.07) is 12.3. The molecule has 0 saturated heterocycles. The molecule has 0 radical (unpaired) electrons. The second kappa shape index (κ2) is 6.29. The van der Waals surface area contributed by atoms with Gasteiger partial charge < -0.3 is 8.92 Å². The van der Waals surface area contributed by atoms with Gasteiger partial charge in [0.15, 0.2) is 5.76 Å². The molecule has 0 saturated carbocycles. The van der Waals surface area contributed by atoms with Gasteiger partial charge in [-0.05, 0) is 34.8 Å². The second-order valence-electron chi connectivity index (χ2n) is 7.26. The van der Waals surface area contributed by atoms with E-state index >= 15 is 0 Å². The van der Waals surface area contributed by atoms with E-state index in [2.05, 4.69) is 20.8 Å². The smallest absolute Gasteiger partial charge is 0.306 e. The largest absolute Gasteiger partial charge is 0.452 e. The number of allylic oxidation sites excluding steroid dienone is 1. The number of hydrogen-bond donors (Lipinski definition) is 0. The quantitative estimate of drug-likeness (QED) is 0.603. The minimum atomic E-state index is -3.64. The van der Waals surface area contributed by atoms with Crippen LogP contribution in [0.4, 0.5) is 0 Å². The van der Waals surface area contributed by atoms with Gasteiger partial charge in [-0.3, -0.25) is 4.79 Å². The van der Waals surface area contributed by atoms with Crippen LogP contribution < -0.4 is 8.92 Å². The lowest BCUT2D eigenvalue weighted by molar-refractivity contribution is 0.101. The van der Waals surface area contributed by atoms with Crippen molar-refractivity contribution in [1.82, 2.24) is 0 Å². The molecule has 0 aliphatic carbocycles. The third-order valence-electron chi connectivity index (χ3n) is 3.96. The molecular weight excluding hydrogens is 352 g/mol. The minimum Gasteiger partial charge on any atom is -0.452 e. The zero-order valence-corrected chi connectivity index (χ0v) is 15.9. The van der Waals surface area contributed by atoms with Gasteiger partial charge in [-0.1, -0.05) is 45.0 Å². The Hall–Kier alpha value is -2.60. The Morgan fingerprint density at radius 1 is 1.04 bits per heavy atom. The van der Waals surface area contributed by atoms with Crippen molar-refractivity contribution in [3.8, 4) is 11.5 Å². The van der Waals surface area contributed by atoms with E-state index in [1.54, 1.807) is 6.08 Å². The second-order valence-corrected chi connectivity index (χ2v) is 8.83. The predicted octanol–water partition coefficient (Wildman–Crippen LogP) is 3.94. The van der Waals surface area contributed by atoms with Crippen LogP contribution in [0.25, 0.3) is 6.08 Å². The van der Waals surface area contributed by atoms with Crippen molar-refractivity contribution in [3.05, 3.63) is 64.9 Å². The van der Waals surface area contributed by atoms with Crippen LogP contribution >= 0.6 is 0 Å². The van der Waals surface area contributed by atoms with E-state index in [0.717, 1.165) is 11.8 Å². The van der Waals surface area contributed by atoms with E-state index in [1.807, 2.05) is 24.3 Å². The van der Waals surface area contributed by atoms with Crippen LogP contribution in [-0.2, 0) is 15.5 Å². The van der Waals surface area contributed by atoms with Crippen molar-refractivity contribution in [2.24, 2.45) is 0 Å². The zero-order valence-electron chi connectivity index (χ0n) is 15.1. The average molecular weight is 372 g/mol. The fourth-order valence-corrected chi connectivity index (χ4v) is 3.08. The van der Waals surface area contributed by atoms with Crippen molar-refractivity contribution in [2.45, 2.75) is 26.2 Å². The van der Waals surface area contributed by atoms with Crippen LogP contribution in [-0.4, -0.2) is 20.5 Å². The number of rotatable bonds is 3. The molecule has 1 aliphatic rings. The maximum atomic E-state index is 12.5. The van der Waals surface area contributed by atoms with Crippen molar-refractivity contribution in [2.75, 3.05) is 6.26 Å². The van der Waals surface area contributed by atoms with Gasteiger partial charge in [0.2, 0.25) is 5.78 Å². The van der Waals surface area contributed by atoms with E-state index in [-0.39, 0.29) is 28.5 Å². The van der Waals surface area contributed by atoms with Crippen molar-refractivity contribution in [1.29, 1.82) is 0 Å². The fourth-order valence-electron chi connectivity index (χ4n) is 2.62. The molecule has 5 nitrogen and oxygen atoms in total. The fraction of sp³-hybridized carbons (Fsp3) is 0.250. The highest BCUT2D eigenvalue weighted by molar-refractivity contribution is 7.86. The summed E-state index contributed by atoms with van der Waals surface area (Å²) >= 11 is 0. The normalized spacial score (nSPS) is 15.7. The van der Waals surface area contributed by atoms with Gasteiger partial charge >= 0.3 is 10.1 Å². The van der Waals surface area contributed by atoms with E-state index in [1.165, 1.54) is 23.8 Å². The Labute approximate surface area is 153 Å². The number of benzene rings is 2. The summed E-state index contributed by atoms with van der Waals surface area (Å²) in [6.45, 7) is 6.41. The minimum absolute atomic E-state index is 0.0532. The van der Waals surface area contributed by atoms with Crippen LogP contribution in [0.1, 0.15) is 42.3 Å². The summed E-state index contributed by atoms with van der Waals surface area (Å²) in [5.41, 5.74) is 2.48. The molecule has 0 N–H and O–H groups in total. The molecule has 136 valence electrons.